The molecule has 0 aliphatic rings. The highest BCUT2D eigenvalue weighted by Crippen LogP contribution is 2.21. The molecule has 16 heavy (non-hydrogen) atoms. The van der Waals surface area contributed by atoms with Crippen LogP contribution in [0, 0.1) is 11.3 Å². The van der Waals surface area contributed by atoms with Gasteiger partial charge in [-0.05, 0) is 12.1 Å². The number of benzene rings is 1. The van der Waals surface area contributed by atoms with Gasteiger partial charge in [0.2, 0.25) is 0 Å². The average molecular weight is 231 g/mol. The van der Waals surface area contributed by atoms with E-state index in [9.17, 15) is 0 Å². The van der Waals surface area contributed by atoms with E-state index in [-0.39, 0.29) is 0 Å². The molecule has 0 aliphatic carbocycles. The summed E-state index contributed by atoms with van der Waals surface area (Å²) in [4.78, 5) is 0. The maximum Gasteiger partial charge on any atom is 0.0991 e. The first-order valence-electron chi connectivity index (χ1n) is 5.10. The van der Waals surface area contributed by atoms with Gasteiger partial charge in [-0.25, -0.2) is 0 Å². The third-order valence-corrected chi connectivity index (χ3v) is 2.84. The molecule has 0 unspecified atom stereocenters. The first-order valence-corrected chi connectivity index (χ1v) is 5.73. The molecule has 0 atom stereocenters. The summed E-state index contributed by atoms with van der Waals surface area (Å²) in [6.45, 7) is 0.916. The minimum absolute atomic E-state index is 0.693. The van der Waals surface area contributed by atoms with E-state index in [0.29, 0.717) is 5.56 Å². The largest absolute Gasteiger partial charge is 0.290 e. The number of hydrogen-bond acceptors (Lipinski definition) is 2. The van der Waals surface area contributed by atoms with Crippen molar-refractivity contribution in [2.75, 3.05) is 5.75 Å². The summed E-state index contributed by atoms with van der Waals surface area (Å²) in [6, 6.07) is 9.74. The third kappa shape index (κ3) is 1.86. The van der Waals surface area contributed by atoms with Gasteiger partial charge in [-0.3, -0.25) is 9.36 Å². The highest BCUT2D eigenvalue weighted by atomic mass is 32.1. The van der Waals surface area contributed by atoms with Crippen molar-refractivity contribution >= 4 is 12.6 Å². The van der Waals surface area contributed by atoms with Gasteiger partial charge in [-0.2, -0.15) is 17.9 Å². The van der Waals surface area contributed by atoms with E-state index in [4.69, 9.17) is 5.26 Å². The smallest absolute Gasteiger partial charge is 0.0991 e. The Kier molecular flexibility index (Phi) is 3.07. The van der Waals surface area contributed by atoms with E-state index < -0.39 is 0 Å². The molecule has 0 saturated carbocycles. The summed E-state index contributed by atoms with van der Waals surface area (Å²) >= 11 is 4.20. The molecule has 0 radical (unpaired) electrons. The SMILES string of the molecule is Cn1c(-c2ccc(C#N)cc2)cn1CCS. The molecule has 0 fully saturated rings. The molecule has 1 aromatic carbocycles. The van der Waals surface area contributed by atoms with Crippen molar-refractivity contribution < 1.29 is 0 Å². The standard InChI is InChI=1S/C12H13N3S/c1-14-12(9-15(14)6-7-16)11-4-2-10(8-13)3-5-11/h2-5,9,16H,6-7H2,1H3. The maximum atomic E-state index is 8.71. The maximum absolute atomic E-state index is 8.71. The first kappa shape index (κ1) is 10.9. The first-order chi connectivity index (χ1) is 7.76. The molecule has 2 aromatic rings. The van der Waals surface area contributed by atoms with Gasteiger partial charge in [0.05, 0.1) is 17.3 Å². The Balaban J connectivity index is 2.24. The van der Waals surface area contributed by atoms with Crippen molar-refractivity contribution in [3.05, 3.63) is 36.0 Å². The summed E-state index contributed by atoms with van der Waals surface area (Å²) in [5.74, 6) is 0.835. The highest BCUT2D eigenvalue weighted by Gasteiger charge is 2.08. The van der Waals surface area contributed by atoms with Crippen LogP contribution in [0.2, 0.25) is 0 Å². The van der Waals surface area contributed by atoms with Crippen LogP contribution in [0.5, 0.6) is 0 Å². The van der Waals surface area contributed by atoms with Crippen LogP contribution >= 0.6 is 12.6 Å². The summed E-state index contributed by atoms with van der Waals surface area (Å²) in [7, 11) is 2.02. The fourth-order valence-electron chi connectivity index (χ4n) is 1.69. The van der Waals surface area contributed by atoms with Crippen LogP contribution in [0.3, 0.4) is 0 Å². The molecule has 1 aromatic heterocycles. The van der Waals surface area contributed by atoms with Crippen molar-refractivity contribution in [1.29, 1.82) is 5.26 Å². The topological polar surface area (TPSA) is 33.6 Å². The van der Waals surface area contributed by atoms with Gasteiger partial charge in [0.25, 0.3) is 0 Å². The van der Waals surface area contributed by atoms with Gasteiger partial charge >= 0.3 is 0 Å². The Morgan fingerprint density at radius 1 is 1.31 bits per heavy atom. The van der Waals surface area contributed by atoms with E-state index in [1.165, 1.54) is 5.69 Å². The van der Waals surface area contributed by atoms with Crippen LogP contribution in [0.15, 0.2) is 30.5 Å². The Bertz CT molecular complexity index is 513. The quantitative estimate of drug-likeness (QED) is 0.808. The second-order valence-electron chi connectivity index (χ2n) is 3.61. The number of nitrogens with zero attached hydrogens (tertiary/aromatic N) is 3. The lowest BCUT2D eigenvalue weighted by molar-refractivity contribution is 0.487. The molecule has 82 valence electrons. The number of aryl methyl sites for hydroxylation is 1. The predicted molar refractivity (Wildman–Crippen MR) is 67.4 cm³/mol. The normalized spacial score (nSPS) is 10.3. The monoisotopic (exact) mass is 231 g/mol. The van der Waals surface area contributed by atoms with E-state index in [0.717, 1.165) is 17.9 Å². The molecule has 1 heterocycles. The van der Waals surface area contributed by atoms with E-state index in [1.807, 2.05) is 31.3 Å². The molecule has 0 bridgehead atoms. The molecular weight excluding hydrogens is 218 g/mol. The van der Waals surface area contributed by atoms with Crippen LogP contribution in [0.1, 0.15) is 5.56 Å². The molecule has 3 nitrogen and oxygen atoms in total. The number of thiol groups is 1. The van der Waals surface area contributed by atoms with E-state index in [1.54, 1.807) is 0 Å². The average Bonchev–Trinajstić information content (AvgIpc) is 2.34. The zero-order valence-corrected chi connectivity index (χ0v) is 9.98. The summed E-state index contributed by atoms with van der Waals surface area (Å²) in [6.07, 6.45) is 2.09. The minimum Gasteiger partial charge on any atom is -0.290 e. The van der Waals surface area contributed by atoms with Crippen LogP contribution in [-0.2, 0) is 13.6 Å². The zero-order chi connectivity index (χ0) is 11.5. The Morgan fingerprint density at radius 3 is 2.50 bits per heavy atom. The lowest BCUT2D eigenvalue weighted by Crippen LogP contribution is -2.21. The minimum atomic E-state index is 0.693. The van der Waals surface area contributed by atoms with Gasteiger partial charge in [0.15, 0.2) is 0 Å². The Hall–Kier alpha value is -1.60. The van der Waals surface area contributed by atoms with E-state index in [2.05, 4.69) is 34.3 Å². The highest BCUT2D eigenvalue weighted by molar-refractivity contribution is 7.80. The van der Waals surface area contributed by atoms with Crippen LogP contribution in [0.25, 0.3) is 11.3 Å². The van der Waals surface area contributed by atoms with Crippen molar-refractivity contribution in [3.8, 4) is 17.3 Å². The molecule has 0 amide bonds. The molecule has 4 heteroatoms. The second kappa shape index (κ2) is 4.50. The van der Waals surface area contributed by atoms with Crippen molar-refractivity contribution in [1.82, 2.24) is 9.36 Å². The van der Waals surface area contributed by atoms with Crippen molar-refractivity contribution in [3.63, 3.8) is 0 Å². The predicted octanol–water partition coefficient (Wildman–Crippen LogP) is 2.30. The number of rotatable bonds is 3. The van der Waals surface area contributed by atoms with Gasteiger partial charge in [-0.15, -0.1) is 0 Å². The Labute approximate surface area is 100 Å². The van der Waals surface area contributed by atoms with Crippen LogP contribution in [0.4, 0.5) is 0 Å². The lowest BCUT2D eigenvalue weighted by atomic mass is 10.1. The molecule has 0 N–H and O–H groups in total. The number of aromatic nitrogens is 2. The molecule has 0 saturated heterocycles. The second-order valence-corrected chi connectivity index (χ2v) is 4.06. The van der Waals surface area contributed by atoms with Crippen LogP contribution < -0.4 is 0 Å². The molecule has 0 aliphatic heterocycles. The summed E-state index contributed by atoms with van der Waals surface area (Å²) in [5, 5.41) is 8.71. The molecule has 2 rings (SSSR count). The Morgan fingerprint density at radius 2 is 2.00 bits per heavy atom. The number of nitriles is 1. The summed E-state index contributed by atoms with van der Waals surface area (Å²) < 4.78 is 4.21. The van der Waals surface area contributed by atoms with Gasteiger partial charge in [0, 0.05) is 31.1 Å². The van der Waals surface area contributed by atoms with Gasteiger partial charge < -0.3 is 0 Å². The van der Waals surface area contributed by atoms with Gasteiger partial charge in [-0.1, -0.05) is 12.1 Å². The zero-order valence-electron chi connectivity index (χ0n) is 9.09. The molecular formula is C12H13N3S. The fourth-order valence-corrected chi connectivity index (χ4v) is 1.89. The van der Waals surface area contributed by atoms with Gasteiger partial charge in [0.1, 0.15) is 0 Å². The van der Waals surface area contributed by atoms with Crippen molar-refractivity contribution in [2.24, 2.45) is 7.05 Å². The van der Waals surface area contributed by atoms with Crippen molar-refractivity contribution in [2.45, 2.75) is 6.54 Å². The van der Waals surface area contributed by atoms with Crippen LogP contribution in [-0.4, -0.2) is 15.1 Å². The third-order valence-electron chi connectivity index (χ3n) is 2.64. The summed E-state index contributed by atoms with van der Waals surface area (Å²) in [5.41, 5.74) is 3.00. The molecule has 0 spiro atoms. The van der Waals surface area contributed by atoms with E-state index >= 15 is 0 Å². The fraction of sp³-hybridized carbons (Fsp3) is 0.250. The number of hydrogen-bond donors (Lipinski definition) is 1. The lowest BCUT2D eigenvalue weighted by Gasteiger charge is -2.23.